The van der Waals surface area contributed by atoms with Gasteiger partial charge in [-0.05, 0) is 25.1 Å². The number of imidazole rings is 1. The summed E-state index contributed by atoms with van der Waals surface area (Å²) in [5, 5.41) is 10.4. The molecule has 0 aliphatic carbocycles. The lowest BCUT2D eigenvalue weighted by molar-refractivity contribution is 0.437. The van der Waals surface area contributed by atoms with Crippen LogP contribution in [0.5, 0.6) is 5.88 Å². The number of aromatic nitrogens is 2. The third-order valence-corrected chi connectivity index (χ3v) is 2.95. The molecule has 0 bridgehead atoms. The van der Waals surface area contributed by atoms with Gasteiger partial charge in [0.25, 0.3) is 0 Å². The van der Waals surface area contributed by atoms with E-state index in [4.69, 9.17) is 23.2 Å². The SMILES string of the molecule is Cc1[nH]c(=O)n(-c2ccc(Cl)c(Cl)c2)c1O. The second kappa shape index (κ2) is 3.88. The summed E-state index contributed by atoms with van der Waals surface area (Å²) in [6, 6.07) is 4.67. The van der Waals surface area contributed by atoms with E-state index in [1.165, 1.54) is 6.07 Å². The number of aromatic amines is 1. The summed E-state index contributed by atoms with van der Waals surface area (Å²) < 4.78 is 1.12. The molecule has 0 radical (unpaired) electrons. The average molecular weight is 259 g/mol. The van der Waals surface area contributed by atoms with E-state index in [1.807, 2.05) is 0 Å². The molecule has 2 rings (SSSR count). The summed E-state index contributed by atoms with van der Waals surface area (Å²) in [7, 11) is 0. The number of benzene rings is 1. The molecule has 4 nitrogen and oxygen atoms in total. The average Bonchev–Trinajstić information content (AvgIpc) is 2.47. The van der Waals surface area contributed by atoms with Crippen molar-refractivity contribution >= 4 is 23.2 Å². The largest absolute Gasteiger partial charge is 0.493 e. The van der Waals surface area contributed by atoms with Crippen molar-refractivity contribution in [2.24, 2.45) is 0 Å². The summed E-state index contributed by atoms with van der Waals surface area (Å²) in [4.78, 5) is 14.0. The lowest BCUT2D eigenvalue weighted by atomic mass is 10.3. The highest BCUT2D eigenvalue weighted by Crippen LogP contribution is 2.26. The Morgan fingerprint density at radius 1 is 1.31 bits per heavy atom. The molecule has 0 fully saturated rings. The van der Waals surface area contributed by atoms with Gasteiger partial charge in [0.2, 0.25) is 5.88 Å². The Bertz CT molecular complexity index is 601. The fourth-order valence-electron chi connectivity index (χ4n) is 1.40. The number of nitrogens with one attached hydrogen (secondary N) is 1. The van der Waals surface area contributed by atoms with E-state index in [2.05, 4.69) is 4.98 Å². The van der Waals surface area contributed by atoms with Crippen LogP contribution in [-0.4, -0.2) is 14.7 Å². The number of rotatable bonds is 1. The molecular formula is C10H8Cl2N2O2. The molecule has 1 aromatic carbocycles. The molecular weight excluding hydrogens is 251 g/mol. The number of aromatic hydroxyl groups is 1. The van der Waals surface area contributed by atoms with Crippen molar-refractivity contribution in [3.8, 4) is 11.6 Å². The summed E-state index contributed by atoms with van der Waals surface area (Å²) in [6.07, 6.45) is 0. The Morgan fingerprint density at radius 2 is 2.00 bits per heavy atom. The second-order valence-electron chi connectivity index (χ2n) is 3.31. The number of H-pyrrole nitrogens is 1. The zero-order chi connectivity index (χ0) is 11.9. The van der Waals surface area contributed by atoms with Gasteiger partial charge in [0.1, 0.15) is 0 Å². The highest BCUT2D eigenvalue weighted by molar-refractivity contribution is 6.42. The van der Waals surface area contributed by atoms with Crippen LogP contribution in [0.2, 0.25) is 10.0 Å². The van der Waals surface area contributed by atoms with E-state index in [-0.39, 0.29) is 5.88 Å². The highest BCUT2D eigenvalue weighted by atomic mass is 35.5. The molecule has 0 saturated carbocycles. The first-order chi connectivity index (χ1) is 7.50. The summed E-state index contributed by atoms with van der Waals surface area (Å²) >= 11 is 11.6. The Kier molecular flexibility index (Phi) is 2.69. The van der Waals surface area contributed by atoms with Gasteiger partial charge in [-0.2, -0.15) is 0 Å². The van der Waals surface area contributed by atoms with Gasteiger partial charge in [-0.15, -0.1) is 0 Å². The van der Waals surface area contributed by atoms with Crippen LogP contribution in [0.1, 0.15) is 5.69 Å². The smallest absolute Gasteiger partial charge is 0.333 e. The minimum atomic E-state index is -0.423. The van der Waals surface area contributed by atoms with Gasteiger partial charge in [0.05, 0.1) is 21.4 Å². The van der Waals surface area contributed by atoms with Gasteiger partial charge in [-0.1, -0.05) is 23.2 Å². The van der Waals surface area contributed by atoms with Crippen molar-refractivity contribution in [1.82, 2.24) is 9.55 Å². The molecule has 0 atom stereocenters. The first kappa shape index (κ1) is 11.1. The van der Waals surface area contributed by atoms with Crippen molar-refractivity contribution in [3.63, 3.8) is 0 Å². The van der Waals surface area contributed by atoms with E-state index in [0.717, 1.165) is 4.57 Å². The zero-order valence-corrected chi connectivity index (χ0v) is 9.80. The van der Waals surface area contributed by atoms with Crippen LogP contribution in [0, 0.1) is 6.92 Å². The molecule has 2 aromatic rings. The van der Waals surface area contributed by atoms with Crippen LogP contribution in [0.15, 0.2) is 23.0 Å². The molecule has 16 heavy (non-hydrogen) atoms. The van der Waals surface area contributed by atoms with E-state index in [9.17, 15) is 9.90 Å². The molecule has 0 unspecified atom stereocenters. The van der Waals surface area contributed by atoms with Crippen molar-refractivity contribution < 1.29 is 5.11 Å². The molecule has 0 aliphatic rings. The van der Waals surface area contributed by atoms with Crippen molar-refractivity contribution in [1.29, 1.82) is 0 Å². The van der Waals surface area contributed by atoms with Crippen LogP contribution in [0.3, 0.4) is 0 Å². The predicted molar refractivity (Wildman–Crippen MR) is 62.8 cm³/mol. The quantitative estimate of drug-likeness (QED) is 0.826. The molecule has 1 heterocycles. The minimum Gasteiger partial charge on any atom is -0.493 e. The monoisotopic (exact) mass is 258 g/mol. The van der Waals surface area contributed by atoms with Crippen LogP contribution in [0.4, 0.5) is 0 Å². The molecule has 0 spiro atoms. The van der Waals surface area contributed by atoms with Gasteiger partial charge < -0.3 is 10.1 Å². The topological polar surface area (TPSA) is 58.0 Å². The molecule has 0 amide bonds. The number of aryl methyl sites for hydroxylation is 1. The van der Waals surface area contributed by atoms with E-state index in [0.29, 0.717) is 21.4 Å². The molecule has 84 valence electrons. The van der Waals surface area contributed by atoms with Gasteiger partial charge in [0, 0.05) is 0 Å². The lowest BCUT2D eigenvalue weighted by Gasteiger charge is -2.04. The molecule has 0 aliphatic heterocycles. The standard InChI is InChI=1S/C10H8Cl2N2O2/c1-5-9(15)14(10(16)13-5)6-2-3-7(11)8(12)4-6/h2-4,15H,1H3,(H,13,16). The zero-order valence-electron chi connectivity index (χ0n) is 8.29. The van der Waals surface area contributed by atoms with E-state index in [1.54, 1.807) is 19.1 Å². The maximum Gasteiger partial charge on any atom is 0.333 e. The van der Waals surface area contributed by atoms with Crippen LogP contribution in [-0.2, 0) is 0 Å². The predicted octanol–water partition coefficient (Wildman–Crippen LogP) is 2.49. The fraction of sp³-hybridized carbons (Fsp3) is 0.100. The minimum absolute atomic E-state index is 0.136. The number of hydrogen-bond acceptors (Lipinski definition) is 2. The van der Waals surface area contributed by atoms with Crippen LogP contribution >= 0.6 is 23.2 Å². The van der Waals surface area contributed by atoms with Gasteiger partial charge in [-0.3, -0.25) is 0 Å². The highest BCUT2D eigenvalue weighted by Gasteiger charge is 2.12. The first-order valence-electron chi connectivity index (χ1n) is 4.46. The Balaban J connectivity index is 2.68. The lowest BCUT2D eigenvalue weighted by Crippen LogP contribution is -2.14. The number of halogens is 2. The van der Waals surface area contributed by atoms with Crippen molar-refractivity contribution in [2.45, 2.75) is 6.92 Å². The number of nitrogens with zero attached hydrogens (tertiary/aromatic N) is 1. The Labute approximate surface area is 101 Å². The maximum atomic E-state index is 11.5. The van der Waals surface area contributed by atoms with Gasteiger partial charge >= 0.3 is 5.69 Å². The third kappa shape index (κ3) is 1.70. The Hall–Kier alpha value is -1.39. The van der Waals surface area contributed by atoms with E-state index >= 15 is 0 Å². The molecule has 2 N–H and O–H groups in total. The summed E-state index contributed by atoms with van der Waals surface area (Å²) in [5.41, 5.74) is 0.436. The number of hydrogen-bond donors (Lipinski definition) is 2. The van der Waals surface area contributed by atoms with Crippen LogP contribution in [0.25, 0.3) is 5.69 Å². The second-order valence-corrected chi connectivity index (χ2v) is 4.13. The Morgan fingerprint density at radius 3 is 2.50 bits per heavy atom. The third-order valence-electron chi connectivity index (χ3n) is 2.21. The molecule has 1 aromatic heterocycles. The fourth-order valence-corrected chi connectivity index (χ4v) is 1.69. The van der Waals surface area contributed by atoms with Gasteiger partial charge in [0.15, 0.2) is 0 Å². The molecule has 0 saturated heterocycles. The van der Waals surface area contributed by atoms with Crippen LogP contribution < -0.4 is 5.69 Å². The van der Waals surface area contributed by atoms with Gasteiger partial charge in [-0.25, -0.2) is 9.36 Å². The van der Waals surface area contributed by atoms with Crippen molar-refractivity contribution in [3.05, 3.63) is 44.4 Å². The summed E-state index contributed by atoms with van der Waals surface area (Å²) in [6.45, 7) is 1.60. The first-order valence-corrected chi connectivity index (χ1v) is 5.22. The normalized spacial score (nSPS) is 10.7. The maximum absolute atomic E-state index is 11.5. The van der Waals surface area contributed by atoms with Crippen molar-refractivity contribution in [2.75, 3.05) is 0 Å². The van der Waals surface area contributed by atoms with E-state index < -0.39 is 5.69 Å². The molecule has 6 heteroatoms. The summed E-state index contributed by atoms with van der Waals surface area (Å²) in [5.74, 6) is -0.136.